The maximum atomic E-state index is 11.6. The standard InChI is InChI=1S/C16H18N2O3/c1-2-20-16(19)15-10-14(17-18-15)11-5-3-8-13(9-11)21-12-6-4-7-12/h3,5,8-10,12H,2,4,6-7H2,1H3,(H,17,18). The van der Waals surface area contributed by atoms with Crippen molar-refractivity contribution in [3.8, 4) is 17.0 Å². The summed E-state index contributed by atoms with van der Waals surface area (Å²) in [5.74, 6) is 0.455. The molecule has 21 heavy (non-hydrogen) atoms. The van der Waals surface area contributed by atoms with E-state index in [9.17, 15) is 4.79 Å². The fourth-order valence-corrected chi connectivity index (χ4v) is 2.19. The van der Waals surface area contributed by atoms with Crippen molar-refractivity contribution in [1.82, 2.24) is 10.2 Å². The van der Waals surface area contributed by atoms with E-state index in [0.717, 1.165) is 24.2 Å². The number of nitrogens with zero attached hydrogens (tertiary/aromatic N) is 1. The van der Waals surface area contributed by atoms with E-state index < -0.39 is 5.97 Å². The average molecular weight is 286 g/mol. The molecule has 0 bridgehead atoms. The Balaban J connectivity index is 1.76. The van der Waals surface area contributed by atoms with Gasteiger partial charge < -0.3 is 9.47 Å². The molecule has 3 rings (SSSR count). The van der Waals surface area contributed by atoms with Crippen LogP contribution in [0, 0.1) is 0 Å². The molecule has 0 atom stereocenters. The summed E-state index contributed by atoms with van der Waals surface area (Å²) >= 11 is 0. The average Bonchev–Trinajstić information content (AvgIpc) is 2.93. The fourth-order valence-electron chi connectivity index (χ4n) is 2.19. The summed E-state index contributed by atoms with van der Waals surface area (Å²) in [5, 5.41) is 6.87. The minimum atomic E-state index is -0.391. The van der Waals surface area contributed by atoms with Gasteiger partial charge in [-0.15, -0.1) is 0 Å². The molecule has 0 saturated heterocycles. The molecule has 1 fully saturated rings. The van der Waals surface area contributed by atoms with Crippen LogP contribution in [-0.4, -0.2) is 28.9 Å². The highest BCUT2D eigenvalue weighted by Gasteiger charge is 2.19. The number of carbonyl (C=O) groups excluding carboxylic acids is 1. The van der Waals surface area contributed by atoms with E-state index in [1.54, 1.807) is 13.0 Å². The van der Waals surface area contributed by atoms with Crippen molar-refractivity contribution in [1.29, 1.82) is 0 Å². The number of nitrogens with one attached hydrogen (secondary N) is 1. The first-order chi connectivity index (χ1) is 10.3. The summed E-state index contributed by atoms with van der Waals surface area (Å²) in [7, 11) is 0. The van der Waals surface area contributed by atoms with Crippen molar-refractivity contribution >= 4 is 5.97 Å². The van der Waals surface area contributed by atoms with Crippen LogP contribution >= 0.6 is 0 Å². The second-order valence-electron chi connectivity index (χ2n) is 5.09. The van der Waals surface area contributed by atoms with Gasteiger partial charge in [0.15, 0.2) is 0 Å². The predicted octanol–water partition coefficient (Wildman–Crippen LogP) is 3.18. The number of carbonyl (C=O) groups is 1. The Morgan fingerprint density at radius 1 is 1.38 bits per heavy atom. The Morgan fingerprint density at radius 2 is 2.24 bits per heavy atom. The number of H-pyrrole nitrogens is 1. The van der Waals surface area contributed by atoms with Crippen LogP contribution in [-0.2, 0) is 4.74 Å². The van der Waals surface area contributed by atoms with Gasteiger partial charge >= 0.3 is 5.97 Å². The third-order valence-corrected chi connectivity index (χ3v) is 3.56. The summed E-state index contributed by atoms with van der Waals surface area (Å²) < 4.78 is 10.8. The number of aromatic amines is 1. The van der Waals surface area contributed by atoms with E-state index in [-0.39, 0.29) is 0 Å². The molecule has 5 nitrogen and oxygen atoms in total. The van der Waals surface area contributed by atoms with Crippen molar-refractivity contribution in [3.05, 3.63) is 36.0 Å². The molecule has 1 aromatic heterocycles. The topological polar surface area (TPSA) is 64.2 Å². The van der Waals surface area contributed by atoms with Crippen LogP contribution in [0.1, 0.15) is 36.7 Å². The van der Waals surface area contributed by atoms with E-state index in [1.165, 1.54) is 6.42 Å². The highest BCUT2D eigenvalue weighted by molar-refractivity contribution is 5.88. The zero-order valence-corrected chi connectivity index (χ0v) is 12.0. The van der Waals surface area contributed by atoms with Gasteiger partial charge in [-0.25, -0.2) is 4.79 Å². The molecule has 1 aliphatic carbocycles. The Morgan fingerprint density at radius 3 is 2.95 bits per heavy atom. The Bertz CT molecular complexity index is 632. The smallest absolute Gasteiger partial charge is 0.356 e. The van der Waals surface area contributed by atoms with Gasteiger partial charge in [0, 0.05) is 5.56 Å². The molecule has 1 aliphatic rings. The lowest BCUT2D eigenvalue weighted by atomic mass is 9.96. The summed E-state index contributed by atoms with van der Waals surface area (Å²) in [4.78, 5) is 11.6. The lowest BCUT2D eigenvalue weighted by Gasteiger charge is -2.26. The summed E-state index contributed by atoms with van der Waals surface area (Å²) in [6.45, 7) is 2.12. The van der Waals surface area contributed by atoms with E-state index >= 15 is 0 Å². The van der Waals surface area contributed by atoms with Gasteiger partial charge in [-0.1, -0.05) is 12.1 Å². The number of benzene rings is 1. The Kier molecular flexibility index (Phi) is 3.90. The fraction of sp³-hybridized carbons (Fsp3) is 0.375. The maximum absolute atomic E-state index is 11.6. The molecular formula is C16H18N2O3. The van der Waals surface area contributed by atoms with Crippen molar-refractivity contribution in [2.75, 3.05) is 6.61 Å². The number of hydrogen-bond acceptors (Lipinski definition) is 4. The van der Waals surface area contributed by atoms with Gasteiger partial charge in [0.1, 0.15) is 11.4 Å². The number of esters is 1. The molecule has 1 N–H and O–H groups in total. The van der Waals surface area contributed by atoms with Gasteiger partial charge in [-0.3, -0.25) is 5.10 Å². The molecule has 0 radical (unpaired) electrons. The van der Waals surface area contributed by atoms with Crippen molar-refractivity contribution < 1.29 is 14.3 Å². The summed E-state index contributed by atoms with van der Waals surface area (Å²) in [5.41, 5.74) is 1.98. The van der Waals surface area contributed by atoms with Gasteiger partial charge in [-0.2, -0.15) is 5.10 Å². The van der Waals surface area contributed by atoms with Crippen LogP contribution in [0.15, 0.2) is 30.3 Å². The van der Waals surface area contributed by atoms with Gasteiger partial charge in [0.05, 0.1) is 18.4 Å². The molecule has 0 aliphatic heterocycles. The van der Waals surface area contributed by atoms with E-state index in [1.807, 2.05) is 24.3 Å². The van der Waals surface area contributed by atoms with Crippen molar-refractivity contribution in [2.45, 2.75) is 32.3 Å². The molecule has 0 unspecified atom stereocenters. The van der Waals surface area contributed by atoms with Crippen LogP contribution in [0.4, 0.5) is 0 Å². The second kappa shape index (κ2) is 5.99. The first-order valence-corrected chi connectivity index (χ1v) is 7.26. The quantitative estimate of drug-likeness (QED) is 0.857. The van der Waals surface area contributed by atoms with E-state index in [0.29, 0.717) is 24.1 Å². The monoisotopic (exact) mass is 286 g/mol. The molecule has 0 spiro atoms. The van der Waals surface area contributed by atoms with Crippen LogP contribution in [0.2, 0.25) is 0 Å². The molecule has 0 amide bonds. The van der Waals surface area contributed by atoms with Gasteiger partial charge in [0.25, 0.3) is 0 Å². The molecule has 5 heteroatoms. The zero-order valence-electron chi connectivity index (χ0n) is 12.0. The van der Waals surface area contributed by atoms with Crippen LogP contribution in [0.3, 0.4) is 0 Å². The highest BCUT2D eigenvalue weighted by Crippen LogP contribution is 2.28. The highest BCUT2D eigenvalue weighted by atomic mass is 16.5. The normalized spacial score (nSPS) is 14.5. The van der Waals surface area contributed by atoms with Crippen molar-refractivity contribution in [2.24, 2.45) is 0 Å². The molecule has 1 heterocycles. The number of aromatic nitrogens is 2. The predicted molar refractivity (Wildman–Crippen MR) is 78.2 cm³/mol. The first kappa shape index (κ1) is 13.7. The van der Waals surface area contributed by atoms with Crippen LogP contribution < -0.4 is 4.74 Å². The SMILES string of the molecule is CCOC(=O)c1cc(-c2cccc(OC3CCC3)c2)n[nH]1. The van der Waals surface area contributed by atoms with Crippen LogP contribution in [0.25, 0.3) is 11.3 Å². The van der Waals surface area contributed by atoms with E-state index in [4.69, 9.17) is 9.47 Å². The third-order valence-electron chi connectivity index (χ3n) is 3.56. The molecule has 110 valence electrons. The Hall–Kier alpha value is -2.30. The van der Waals surface area contributed by atoms with E-state index in [2.05, 4.69) is 10.2 Å². The Labute approximate surface area is 123 Å². The molecule has 2 aromatic rings. The first-order valence-electron chi connectivity index (χ1n) is 7.26. The van der Waals surface area contributed by atoms with Crippen LogP contribution in [0.5, 0.6) is 5.75 Å². The lowest BCUT2D eigenvalue weighted by molar-refractivity contribution is 0.0519. The number of ether oxygens (including phenoxy) is 2. The lowest BCUT2D eigenvalue weighted by Crippen LogP contribution is -2.24. The molecule has 1 aromatic carbocycles. The molecular weight excluding hydrogens is 268 g/mol. The number of rotatable bonds is 5. The zero-order chi connectivity index (χ0) is 14.7. The maximum Gasteiger partial charge on any atom is 0.356 e. The molecule has 1 saturated carbocycles. The minimum absolute atomic E-state index is 0.342. The van der Waals surface area contributed by atoms with Gasteiger partial charge in [-0.05, 0) is 44.4 Å². The summed E-state index contributed by atoms with van der Waals surface area (Å²) in [6, 6.07) is 9.46. The second-order valence-corrected chi connectivity index (χ2v) is 5.09. The summed E-state index contributed by atoms with van der Waals surface area (Å²) in [6.07, 6.45) is 3.83. The number of hydrogen-bond donors (Lipinski definition) is 1. The van der Waals surface area contributed by atoms with Crippen molar-refractivity contribution in [3.63, 3.8) is 0 Å². The largest absolute Gasteiger partial charge is 0.490 e. The minimum Gasteiger partial charge on any atom is -0.490 e. The van der Waals surface area contributed by atoms with Gasteiger partial charge in [0.2, 0.25) is 0 Å². The third kappa shape index (κ3) is 3.07.